The van der Waals surface area contributed by atoms with Crippen molar-refractivity contribution in [3.05, 3.63) is 59.4 Å². The Morgan fingerprint density at radius 1 is 0.944 bits per heavy atom. The molecule has 0 spiro atoms. The highest BCUT2D eigenvalue weighted by Crippen LogP contribution is 2.24. The molecular formula is C14H9F3O. The molecule has 0 saturated carbocycles. The van der Waals surface area contributed by atoms with Crippen molar-refractivity contribution in [2.45, 2.75) is 6.92 Å². The number of hydrogen-bond donors (Lipinski definition) is 0. The molecule has 0 aliphatic heterocycles. The minimum Gasteiger partial charge on any atom is -0.295 e. The Bertz CT molecular complexity index is 597. The minimum absolute atomic E-state index is 0.153. The average molecular weight is 250 g/mol. The fraction of sp³-hybridized carbons (Fsp3) is 0.0714. The fourth-order valence-electron chi connectivity index (χ4n) is 1.64. The van der Waals surface area contributed by atoms with Crippen LogP contribution in [0.5, 0.6) is 0 Å². The van der Waals surface area contributed by atoms with Gasteiger partial charge in [-0.1, -0.05) is 18.2 Å². The van der Waals surface area contributed by atoms with Gasteiger partial charge < -0.3 is 0 Å². The Morgan fingerprint density at radius 3 is 2.11 bits per heavy atom. The van der Waals surface area contributed by atoms with Crippen molar-refractivity contribution in [3.8, 4) is 11.1 Å². The number of halogens is 3. The van der Waals surface area contributed by atoms with E-state index in [2.05, 4.69) is 0 Å². The third kappa shape index (κ3) is 2.27. The molecule has 18 heavy (non-hydrogen) atoms. The molecule has 0 fully saturated rings. The molecule has 0 saturated heterocycles. The lowest BCUT2D eigenvalue weighted by molar-refractivity contribution is 0.101. The van der Waals surface area contributed by atoms with Crippen molar-refractivity contribution >= 4 is 5.78 Å². The van der Waals surface area contributed by atoms with Crippen molar-refractivity contribution in [1.82, 2.24) is 0 Å². The predicted octanol–water partition coefficient (Wildman–Crippen LogP) is 3.97. The topological polar surface area (TPSA) is 17.1 Å². The number of benzene rings is 2. The van der Waals surface area contributed by atoms with Gasteiger partial charge >= 0.3 is 0 Å². The van der Waals surface area contributed by atoms with Crippen molar-refractivity contribution < 1.29 is 18.0 Å². The highest BCUT2D eigenvalue weighted by atomic mass is 19.2. The van der Waals surface area contributed by atoms with E-state index in [0.29, 0.717) is 11.1 Å². The second kappa shape index (κ2) is 4.64. The molecule has 0 unspecified atom stereocenters. The van der Waals surface area contributed by atoms with Crippen LogP contribution in [0.1, 0.15) is 17.3 Å². The highest BCUT2D eigenvalue weighted by molar-refractivity contribution is 5.95. The number of carbonyl (C=O) groups excluding carboxylic acids is 1. The largest absolute Gasteiger partial charge is 0.295 e. The maximum atomic E-state index is 13.1. The van der Waals surface area contributed by atoms with E-state index in [-0.39, 0.29) is 11.3 Å². The van der Waals surface area contributed by atoms with Gasteiger partial charge in [0.25, 0.3) is 0 Å². The molecule has 0 aliphatic rings. The molecular weight excluding hydrogens is 241 g/mol. The molecule has 2 aromatic carbocycles. The number of hydrogen-bond acceptors (Lipinski definition) is 1. The van der Waals surface area contributed by atoms with Crippen molar-refractivity contribution in [2.75, 3.05) is 0 Å². The van der Waals surface area contributed by atoms with Crippen LogP contribution in [-0.2, 0) is 0 Å². The smallest absolute Gasteiger partial charge is 0.194 e. The molecule has 0 amide bonds. The zero-order valence-electron chi connectivity index (χ0n) is 9.51. The molecule has 92 valence electrons. The van der Waals surface area contributed by atoms with Crippen LogP contribution in [0.2, 0.25) is 0 Å². The van der Waals surface area contributed by atoms with Gasteiger partial charge in [-0.3, -0.25) is 4.79 Å². The third-order valence-electron chi connectivity index (χ3n) is 2.59. The summed E-state index contributed by atoms with van der Waals surface area (Å²) >= 11 is 0. The minimum atomic E-state index is -1.50. The van der Waals surface area contributed by atoms with Gasteiger partial charge in [0.1, 0.15) is 0 Å². The van der Waals surface area contributed by atoms with Crippen LogP contribution in [0.4, 0.5) is 13.2 Å². The second-order valence-electron chi connectivity index (χ2n) is 3.89. The van der Waals surface area contributed by atoms with Gasteiger partial charge in [0.05, 0.1) is 0 Å². The summed E-state index contributed by atoms with van der Waals surface area (Å²) in [6, 6.07) is 8.11. The van der Waals surface area contributed by atoms with Gasteiger partial charge in [-0.2, -0.15) is 0 Å². The van der Waals surface area contributed by atoms with Gasteiger partial charge in [-0.15, -0.1) is 0 Å². The van der Waals surface area contributed by atoms with E-state index >= 15 is 0 Å². The standard InChI is InChI=1S/C14H9F3O/c1-8(18)9-3-2-4-10(5-9)11-6-12(15)14(17)13(16)7-11/h2-7H,1H3. The zero-order valence-corrected chi connectivity index (χ0v) is 9.51. The van der Waals surface area contributed by atoms with Crippen LogP contribution in [0, 0.1) is 17.5 Å². The SMILES string of the molecule is CC(=O)c1cccc(-c2cc(F)c(F)c(F)c2)c1. The van der Waals surface area contributed by atoms with E-state index in [4.69, 9.17) is 0 Å². The summed E-state index contributed by atoms with van der Waals surface area (Å²) in [6.45, 7) is 1.39. The summed E-state index contributed by atoms with van der Waals surface area (Å²) in [6.07, 6.45) is 0. The summed E-state index contributed by atoms with van der Waals surface area (Å²) < 4.78 is 39.0. The molecule has 0 N–H and O–H groups in total. The van der Waals surface area contributed by atoms with Crippen LogP contribution in [-0.4, -0.2) is 5.78 Å². The Kier molecular flexibility index (Phi) is 3.19. The first-order valence-electron chi connectivity index (χ1n) is 5.25. The lowest BCUT2D eigenvalue weighted by Crippen LogP contribution is -1.94. The Labute approximate surface area is 102 Å². The first-order chi connectivity index (χ1) is 8.49. The summed E-state index contributed by atoms with van der Waals surface area (Å²) in [5.41, 5.74) is 1.08. The maximum Gasteiger partial charge on any atom is 0.194 e. The molecule has 2 aromatic rings. The van der Waals surface area contributed by atoms with Crippen LogP contribution in [0.3, 0.4) is 0 Å². The van der Waals surface area contributed by atoms with E-state index in [0.717, 1.165) is 12.1 Å². The molecule has 0 radical (unpaired) electrons. The van der Waals surface area contributed by atoms with E-state index in [9.17, 15) is 18.0 Å². The summed E-state index contributed by atoms with van der Waals surface area (Å²) in [5, 5.41) is 0. The Balaban J connectivity index is 2.55. The quantitative estimate of drug-likeness (QED) is 0.582. The number of carbonyl (C=O) groups is 1. The predicted molar refractivity (Wildman–Crippen MR) is 61.8 cm³/mol. The molecule has 2 rings (SSSR count). The number of Topliss-reactive ketones (excluding diaryl/α,β-unsaturated/α-hetero) is 1. The monoisotopic (exact) mass is 250 g/mol. The van der Waals surface area contributed by atoms with Crippen LogP contribution in [0.15, 0.2) is 36.4 Å². The average Bonchev–Trinajstić information content (AvgIpc) is 2.35. The first kappa shape index (κ1) is 12.4. The van der Waals surface area contributed by atoms with E-state index < -0.39 is 17.5 Å². The molecule has 4 heteroatoms. The Morgan fingerprint density at radius 2 is 1.56 bits per heavy atom. The number of ketones is 1. The first-order valence-corrected chi connectivity index (χ1v) is 5.25. The molecule has 0 aromatic heterocycles. The molecule has 0 bridgehead atoms. The van der Waals surface area contributed by atoms with E-state index in [1.165, 1.54) is 13.0 Å². The lowest BCUT2D eigenvalue weighted by Gasteiger charge is -2.05. The van der Waals surface area contributed by atoms with Crippen LogP contribution in [0.25, 0.3) is 11.1 Å². The Hall–Kier alpha value is -2.10. The summed E-state index contributed by atoms with van der Waals surface area (Å²) in [5.74, 6) is -4.15. The lowest BCUT2D eigenvalue weighted by atomic mass is 10.0. The molecule has 0 aliphatic carbocycles. The van der Waals surface area contributed by atoms with Gasteiger partial charge in [0.15, 0.2) is 23.2 Å². The normalized spacial score (nSPS) is 10.4. The highest BCUT2D eigenvalue weighted by Gasteiger charge is 2.12. The van der Waals surface area contributed by atoms with Crippen molar-refractivity contribution in [3.63, 3.8) is 0 Å². The molecule has 0 atom stereocenters. The van der Waals surface area contributed by atoms with Crippen LogP contribution >= 0.6 is 0 Å². The van der Waals surface area contributed by atoms with Crippen molar-refractivity contribution in [1.29, 1.82) is 0 Å². The van der Waals surface area contributed by atoms with Gasteiger partial charge in [-0.05, 0) is 36.2 Å². The van der Waals surface area contributed by atoms with Gasteiger partial charge in [0.2, 0.25) is 0 Å². The third-order valence-corrected chi connectivity index (χ3v) is 2.59. The second-order valence-corrected chi connectivity index (χ2v) is 3.89. The van der Waals surface area contributed by atoms with Crippen LogP contribution < -0.4 is 0 Å². The maximum absolute atomic E-state index is 13.1. The van der Waals surface area contributed by atoms with E-state index in [1.807, 2.05) is 0 Å². The fourth-order valence-corrected chi connectivity index (χ4v) is 1.64. The van der Waals surface area contributed by atoms with E-state index in [1.54, 1.807) is 18.2 Å². The molecule has 1 nitrogen and oxygen atoms in total. The summed E-state index contributed by atoms with van der Waals surface area (Å²) in [7, 11) is 0. The van der Waals surface area contributed by atoms with Gasteiger partial charge in [-0.25, -0.2) is 13.2 Å². The van der Waals surface area contributed by atoms with Gasteiger partial charge in [0, 0.05) is 5.56 Å². The zero-order chi connectivity index (χ0) is 13.3. The van der Waals surface area contributed by atoms with Crippen molar-refractivity contribution in [2.24, 2.45) is 0 Å². The summed E-state index contributed by atoms with van der Waals surface area (Å²) in [4.78, 5) is 11.2. The molecule has 0 heterocycles. The number of rotatable bonds is 2.